The summed E-state index contributed by atoms with van der Waals surface area (Å²) in [5, 5.41) is 7.09. The summed E-state index contributed by atoms with van der Waals surface area (Å²) in [7, 11) is 0. The predicted octanol–water partition coefficient (Wildman–Crippen LogP) is 5.86. The van der Waals surface area contributed by atoms with Gasteiger partial charge in [-0.3, -0.25) is 4.79 Å². The second-order valence-electron chi connectivity index (χ2n) is 8.05. The van der Waals surface area contributed by atoms with Crippen molar-refractivity contribution in [1.82, 2.24) is 10.1 Å². The van der Waals surface area contributed by atoms with Gasteiger partial charge in [-0.2, -0.15) is 4.98 Å². The lowest BCUT2D eigenvalue weighted by atomic mass is 10.00. The van der Waals surface area contributed by atoms with Gasteiger partial charge >= 0.3 is 0 Å². The highest BCUT2D eigenvalue weighted by Crippen LogP contribution is 2.30. The van der Waals surface area contributed by atoms with Crippen LogP contribution in [0.4, 0.5) is 5.69 Å². The van der Waals surface area contributed by atoms with Gasteiger partial charge in [0, 0.05) is 12.3 Å². The molecule has 0 spiro atoms. The van der Waals surface area contributed by atoms with Gasteiger partial charge in [-0.1, -0.05) is 69.2 Å². The molecule has 1 N–H and O–H groups in total. The fourth-order valence-electron chi connectivity index (χ4n) is 3.12. The Morgan fingerprint density at radius 3 is 2.38 bits per heavy atom. The van der Waals surface area contributed by atoms with Crippen molar-refractivity contribution in [2.24, 2.45) is 0 Å². The van der Waals surface area contributed by atoms with E-state index < -0.39 is 0 Å². The number of carbonyl (C=O) groups is 1. The molecule has 0 atom stereocenters. The first-order valence-electron chi connectivity index (χ1n) is 10.2. The molecule has 5 heteroatoms. The van der Waals surface area contributed by atoms with Crippen molar-refractivity contribution in [2.45, 2.75) is 59.3 Å². The Balaban J connectivity index is 1.71. The minimum Gasteiger partial charge on any atom is -0.334 e. The molecule has 1 amide bonds. The van der Waals surface area contributed by atoms with E-state index in [1.165, 1.54) is 5.56 Å². The maximum absolute atomic E-state index is 12.6. The molecule has 1 heterocycles. The zero-order valence-electron chi connectivity index (χ0n) is 17.8. The van der Waals surface area contributed by atoms with Crippen molar-refractivity contribution >= 4 is 11.6 Å². The van der Waals surface area contributed by atoms with Crippen LogP contribution in [-0.2, 0) is 11.2 Å². The number of aromatic nitrogens is 2. The van der Waals surface area contributed by atoms with Crippen LogP contribution in [0.1, 0.15) is 68.5 Å². The van der Waals surface area contributed by atoms with Gasteiger partial charge in [0.05, 0.1) is 11.3 Å². The van der Waals surface area contributed by atoms with E-state index in [0.29, 0.717) is 30.5 Å². The van der Waals surface area contributed by atoms with Crippen LogP contribution in [0.3, 0.4) is 0 Å². The zero-order valence-corrected chi connectivity index (χ0v) is 17.8. The molecule has 0 saturated heterocycles. The van der Waals surface area contributed by atoms with Gasteiger partial charge in [0.15, 0.2) is 5.82 Å². The van der Waals surface area contributed by atoms with Crippen LogP contribution in [0.2, 0.25) is 0 Å². The smallest absolute Gasteiger partial charge is 0.260 e. The van der Waals surface area contributed by atoms with Gasteiger partial charge in [0.2, 0.25) is 5.91 Å². The van der Waals surface area contributed by atoms with Gasteiger partial charge in [0.1, 0.15) is 0 Å². The number of anilines is 1. The van der Waals surface area contributed by atoms with Gasteiger partial charge in [-0.05, 0) is 42.0 Å². The summed E-state index contributed by atoms with van der Waals surface area (Å²) in [6.07, 6.45) is 1.11. The lowest BCUT2D eigenvalue weighted by molar-refractivity contribution is -0.116. The number of rotatable bonds is 7. The highest BCUT2D eigenvalue weighted by Gasteiger charge is 2.17. The predicted molar refractivity (Wildman–Crippen MR) is 116 cm³/mol. The average molecular weight is 392 g/mol. The molecule has 0 aliphatic carbocycles. The number of para-hydroxylation sites is 1. The molecule has 152 valence electrons. The molecule has 0 fully saturated rings. The molecule has 0 bridgehead atoms. The minimum atomic E-state index is -0.0305. The molecule has 1 aromatic heterocycles. The summed E-state index contributed by atoms with van der Waals surface area (Å²) in [6, 6.07) is 14.3. The molecule has 3 rings (SSSR count). The molecule has 0 unspecified atom stereocenters. The largest absolute Gasteiger partial charge is 0.334 e. The second-order valence-corrected chi connectivity index (χ2v) is 8.05. The van der Waals surface area contributed by atoms with Crippen LogP contribution < -0.4 is 5.32 Å². The Kier molecular flexibility index (Phi) is 6.47. The third kappa shape index (κ3) is 5.11. The number of hydrogen-bond acceptors (Lipinski definition) is 4. The Morgan fingerprint density at radius 1 is 1.03 bits per heavy atom. The molecular formula is C24H29N3O2. The first-order valence-corrected chi connectivity index (χ1v) is 10.2. The van der Waals surface area contributed by atoms with Crippen molar-refractivity contribution in [3.05, 3.63) is 65.0 Å². The summed E-state index contributed by atoms with van der Waals surface area (Å²) in [5.41, 5.74) is 4.91. The zero-order chi connectivity index (χ0) is 21.0. The molecular weight excluding hydrogens is 362 g/mol. The van der Waals surface area contributed by atoms with E-state index in [2.05, 4.69) is 53.6 Å². The Morgan fingerprint density at radius 2 is 1.76 bits per heavy atom. The van der Waals surface area contributed by atoms with Crippen molar-refractivity contribution in [3.63, 3.8) is 0 Å². The van der Waals surface area contributed by atoms with Crippen molar-refractivity contribution < 1.29 is 9.32 Å². The number of carbonyl (C=O) groups excluding carboxylic acids is 1. The fourth-order valence-corrected chi connectivity index (χ4v) is 3.12. The number of amides is 1. The highest BCUT2D eigenvalue weighted by atomic mass is 16.5. The van der Waals surface area contributed by atoms with Crippen molar-refractivity contribution in [2.75, 3.05) is 5.32 Å². The van der Waals surface area contributed by atoms with Gasteiger partial charge in [-0.15, -0.1) is 0 Å². The van der Waals surface area contributed by atoms with E-state index in [0.717, 1.165) is 22.4 Å². The van der Waals surface area contributed by atoms with Gasteiger partial charge in [-0.25, -0.2) is 0 Å². The normalized spacial score (nSPS) is 11.3. The van der Waals surface area contributed by atoms with Crippen LogP contribution in [0, 0.1) is 6.92 Å². The van der Waals surface area contributed by atoms with E-state index in [1.54, 1.807) is 0 Å². The van der Waals surface area contributed by atoms with Crippen molar-refractivity contribution in [3.8, 4) is 11.5 Å². The van der Waals surface area contributed by atoms with Crippen LogP contribution >= 0.6 is 0 Å². The standard InChI is InChI=1S/C24H29N3O2/c1-15(2)19-12-9-18(10-13-19)11-14-21(28)25-22-17(5)7-6-8-20(22)24-26-23(16(3)4)27-29-24/h6-10,12-13,15-16H,11,14H2,1-5H3,(H,25,28). The van der Waals surface area contributed by atoms with Crippen LogP contribution in [-0.4, -0.2) is 16.0 Å². The van der Waals surface area contributed by atoms with E-state index >= 15 is 0 Å². The molecule has 5 nitrogen and oxygen atoms in total. The number of hydrogen-bond donors (Lipinski definition) is 1. The lowest BCUT2D eigenvalue weighted by Crippen LogP contribution is -2.14. The number of nitrogens with zero attached hydrogens (tertiary/aromatic N) is 2. The van der Waals surface area contributed by atoms with Crippen molar-refractivity contribution in [1.29, 1.82) is 0 Å². The monoisotopic (exact) mass is 391 g/mol. The summed E-state index contributed by atoms with van der Waals surface area (Å²) in [6.45, 7) is 10.3. The fraction of sp³-hybridized carbons (Fsp3) is 0.375. The van der Waals surface area contributed by atoms with E-state index in [1.807, 2.05) is 39.0 Å². The van der Waals surface area contributed by atoms with Gasteiger partial charge in [0.25, 0.3) is 5.89 Å². The Labute approximate surface area is 172 Å². The first kappa shape index (κ1) is 20.8. The number of nitrogens with one attached hydrogen (secondary N) is 1. The van der Waals surface area contributed by atoms with E-state index in [-0.39, 0.29) is 11.8 Å². The molecule has 0 aliphatic rings. The van der Waals surface area contributed by atoms with Crippen LogP contribution in [0.25, 0.3) is 11.5 Å². The maximum atomic E-state index is 12.6. The number of benzene rings is 2. The minimum absolute atomic E-state index is 0.0305. The molecule has 0 saturated carbocycles. The molecule has 2 aromatic carbocycles. The lowest BCUT2D eigenvalue weighted by Gasteiger charge is -2.12. The second kappa shape index (κ2) is 9.03. The third-order valence-electron chi connectivity index (χ3n) is 5.01. The first-order chi connectivity index (χ1) is 13.8. The van der Waals surface area contributed by atoms with Crippen LogP contribution in [0.15, 0.2) is 47.0 Å². The summed E-state index contributed by atoms with van der Waals surface area (Å²) in [5.74, 6) is 1.74. The van der Waals surface area contributed by atoms with Gasteiger partial charge < -0.3 is 9.84 Å². The van der Waals surface area contributed by atoms with E-state index in [4.69, 9.17) is 4.52 Å². The van der Waals surface area contributed by atoms with Crippen LogP contribution in [0.5, 0.6) is 0 Å². The Hall–Kier alpha value is -2.95. The molecule has 0 aliphatic heterocycles. The molecule has 29 heavy (non-hydrogen) atoms. The summed E-state index contributed by atoms with van der Waals surface area (Å²) in [4.78, 5) is 17.1. The summed E-state index contributed by atoms with van der Waals surface area (Å²) < 4.78 is 5.44. The topological polar surface area (TPSA) is 68.0 Å². The van der Waals surface area contributed by atoms with E-state index in [9.17, 15) is 4.79 Å². The average Bonchev–Trinajstić information content (AvgIpc) is 3.18. The third-order valence-corrected chi connectivity index (χ3v) is 5.01. The molecule has 3 aromatic rings. The maximum Gasteiger partial charge on any atom is 0.260 e. The highest BCUT2D eigenvalue weighted by molar-refractivity contribution is 5.95. The SMILES string of the molecule is Cc1cccc(-c2nc(C(C)C)no2)c1NC(=O)CCc1ccc(C(C)C)cc1. The quantitative estimate of drug-likeness (QED) is 0.547. The number of aryl methyl sites for hydroxylation is 2. The molecule has 0 radical (unpaired) electrons. The Bertz CT molecular complexity index is 972. The summed E-state index contributed by atoms with van der Waals surface area (Å²) >= 11 is 0.